The van der Waals surface area contributed by atoms with Crippen LogP contribution in [0.2, 0.25) is 0 Å². The quantitative estimate of drug-likeness (QED) is 0.692. The summed E-state index contributed by atoms with van der Waals surface area (Å²) in [5.74, 6) is 0.735. The molecule has 1 N–H and O–H groups in total. The fraction of sp³-hybridized carbons (Fsp3) is 1.00. The summed E-state index contributed by atoms with van der Waals surface area (Å²) in [4.78, 5) is 2.62. The van der Waals surface area contributed by atoms with Gasteiger partial charge in [0.25, 0.3) is 0 Å². The number of hydrogen-bond donors (Lipinski definition) is 1. The van der Waals surface area contributed by atoms with Crippen LogP contribution in [0.3, 0.4) is 0 Å². The monoisotopic (exact) mass is 284 g/mol. The second-order valence-corrected chi connectivity index (χ2v) is 7.37. The summed E-state index contributed by atoms with van der Waals surface area (Å²) < 4.78 is 5.81. The van der Waals surface area contributed by atoms with Gasteiger partial charge in [-0.25, -0.2) is 0 Å². The van der Waals surface area contributed by atoms with Gasteiger partial charge in [-0.15, -0.1) is 0 Å². The van der Waals surface area contributed by atoms with Crippen LogP contribution in [-0.2, 0) is 4.74 Å². The Hall–Kier alpha value is -0.120. The zero-order valence-corrected chi connectivity index (χ0v) is 14.6. The van der Waals surface area contributed by atoms with E-state index in [0.717, 1.165) is 38.8 Å². The van der Waals surface area contributed by atoms with Crippen molar-refractivity contribution in [3.05, 3.63) is 0 Å². The van der Waals surface area contributed by atoms with Crippen molar-refractivity contribution in [3.63, 3.8) is 0 Å². The first-order chi connectivity index (χ1) is 9.35. The lowest BCUT2D eigenvalue weighted by Crippen LogP contribution is -2.68. The molecule has 1 rings (SSSR count). The number of nitrogens with zero attached hydrogens (tertiary/aromatic N) is 1. The van der Waals surface area contributed by atoms with Crippen LogP contribution >= 0.6 is 0 Å². The maximum Gasteiger partial charge on any atom is 0.0593 e. The van der Waals surface area contributed by atoms with Crippen LogP contribution in [0.5, 0.6) is 0 Å². The summed E-state index contributed by atoms with van der Waals surface area (Å²) in [7, 11) is 0. The van der Waals surface area contributed by atoms with Crippen LogP contribution in [0.25, 0.3) is 0 Å². The third-order valence-corrected chi connectivity index (χ3v) is 4.94. The highest BCUT2D eigenvalue weighted by atomic mass is 16.5. The Morgan fingerprint density at radius 2 is 1.80 bits per heavy atom. The van der Waals surface area contributed by atoms with Crippen molar-refractivity contribution in [2.75, 3.05) is 32.8 Å². The van der Waals surface area contributed by atoms with E-state index in [2.05, 4.69) is 51.8 Å². The van der Waals surface area contributed by atoms with Crippen molar-refractivity contribution in [2.45, 2.75) is 71.9 Å². The van der Waals surface area contributed by atoms with E-state index in [1.165, 1.54) is 19.3 Å². The fourth-order valence-corrected chi connectivity index (χ4v) is 2.85. The van der Waals surface area contributed by atoms with Gasteiger partial charge < -0.3 is 10.1 Å². The summed E-state index contributed by atoms with van der Waals surface area (Å²) in [6.07, 6.45) is 3.56. The second kappa shape index (κ2) is 7.77. The van der Waals surface area contributed by atoms with Crippen molar-refractivity contribution in [3.8, 4) is 0 Å². The van der Waals surface area contributed by atoms with E-state index >= 15 is 0 Å². The Morgan fingerprint density at radius 1 is 1.15 bits per heavy atom. The average Bonchev–Trinajstić information content (AvgIpc) is 2.40. The molecule has 20 heavy (non-hydrogen) atoms. The molecule has 0 amide bonds. The first kappa shape index (κ1) is 17.9. The van der Waals surface area contributed by atoms with Crippen molar-refractivity contribution >= 4 is 0 Å². The summed E-state index contributed by atoms with van der Waals surface area (Å²) in [5, 5.41) is 3.79. The van der Waals surface area contributed by atoms with E-state index in [4.69, 9.17) is 4.74 Å². The largest absolute Gasteiger partial charge is 0.380 e. The first-order valence-corrected chi connectivity index (χ1v) is 8.43. The summed E-state index contributed by atoms with van der Waals surface area (Å²) in [6, 6.07) is 0. The van der Waals surface area contributed by atoms with Crippen LogP contribution < -0.4 is 5.32 Å². The van der Waals surface area contributed by atoms with Crippen molar-refractivity contribution in [1.29, 1.82) is 0 Å². The van der Waals surface area contributed by atoms with Gasteiger partial charge in [-0.2, -0.15) is 0 Å². The minimum Gasteiger partial charge on any atom is -0.380 e. The van der Waals surface area contributed by atoms with Crippen molar-refractivity contribution < 1.29 is 4.74 Å². The van der Waals surface area contributed by atoms with Gasteiger partial charge >= 0.3 is 0 Å². The molecule has 1 aliphatic rings. The smallest absolute Gasteiger partial charge is 0.0593 e. The number of nitrogens with one attached hydrogen (secondary N) is 1. The van der Waals surface area contributed by atoms with Crippen molar-refractivity contribution in [1.82, 2.24) is 10.2 Å². The van der Waals surface area contributed by atoms with Gasteiger partial charge in [-0.1, -0.05) is 27.7 Å². The third-order valence-electron chi connectivity index (χ3n) is 4.94. The lowest BCUT2D eigenvalue weighted by molar-refractivity contribution is -0.00193. The second-order valence-electron chi connectivity index (χ2n) is 7.37. The Bertz CT molecular complexity index is 272. The average molecular weight is 284 g/mol. The zero-order chi connectivity index (χ0) is 15.2. The Balaban J connectivity index is 2.43. The molecule has 0 atom stereocenters. The van der Waals surface area contributed by atoms with Gasteiger partial charge in [0, 0.05) is 37.3 Å². The molecule has 0 aromatic rings. The van der Waals surface area contributed by atoms with E-state index in [0.29, 0.717) is 5.54 Å². The lowest BCUT2D eigenvalue weighted by atomic mass is 9.85. The van der Waals surface area contributed by atoms with E-state index in [-0.39, 0.29) is 5.54 Å². The van der Waals surface area contributed by atoms with E-state index in [9.17, 15) is 0 Å². The molecule has 1 heterocycles. The highest BCUT2D eigenvalue weighted by Gasteiger charge is 2.40. The van der Waals surface area contributed by atoms with Crippen LogP contribution in [0.4, 0.5) is 0 Å². The molecule has 0 aliphatic carbocycles. The SMILES string of the molecule is CCC1(CC)CN(CCOCCC(C)C)C(C)(C)CN1. The van der Waals surface area contributed by atoms with Gasteiger partial charge in [-0.05, 0) is 39.0 Å². The van der Waals surface area contributed by atoms with Crippen LogP contribution in [0, 0.1) is 5.92 Å². The number of ether oxygens (including phenoxy) is 1. The molecule has 3 heteroatoms. The summed E-state index contributed by atoms with van der Waals surface area (Å²) in [5.41, 5.74) is 0.530. The van der Waals surface area contributed by atoms with E-state index in [1.54, 1.807) is 0 Å². The third kappa shape index (κ3) is 5.01. The molecule has 0 bridgehead atoms. The highest BCUT2D eigenvalue weighted by molar-refractivity contribution is 5.00. The number of rotatable bonds is 8. The molecule has 1 fully saturated rings. The molecule has 0 saturated carbocycles. The maximum atomic E-state index is 5.81. The molecule has 1 saturated heterocycles. The van der Waals surface area contributed by atoms with E-state index in [1.807, 2.05) is 0 Å². The molecule has 1 aliphatic heterocycles. The van der Waals surface area contributed by atoms with Gasteiger partial charge in [0.1, 0.15) is 0 Å². The Morgan fingerprint density at radius 3 is 2.35 bits per heavy atom. The molecule has 0 unspecified atom stereocenters. The predicted molar refractivity (Wildman–Crippen MR) is 87.2 cm³/mol. The van der Waals surface area contributed by atoms with Gasteiger partial charge in [0.05, 0.1) is 6.61 Å². The molecule has 0 aromatic carbocycles. The molecule has 0 aromatic heterocycles. The van der Waals surface area contributed by atoms with Gasteiger partial charge in [0.15, 0.2) is 0 Å². The molecule has 3 nitrogen and oxygen atoms in total. The minimum atomic E-state index is 0.231. The zero-order valence-electron chi connectivity index (χ0n) is 14.6. The first-order valence-electron chi connectivity index (χ1n) is 8.43. The predicted octanol–water partition coefficient (Wildman–Crippen LogP) is 3.29. The number of hydrogen-bond acceptors (Lipinski definition) is 3. The molecule has 120 valence electrons. The Kier molecular flexibility index (Phi) is 6.96. The Labute approximate surface area is 126 Å². The van der Waals surface area contributed by atoms with Crippen molar-refractivity contribution in [2.24, 2.45) is 5.92 Å². The highest BCUT2D eigenvalue weighted by Crippen LogP contribution is 2.27. The molecule has 0 radical (unpaired) electrons. The molecular formula is C17H36N2O. The minimum absolute atomic E-state index is 0.231. The topological polar surface area (TPSA) is 24.5 Å². The molecular weight excluding hydrogens is 248 g/mol. The maximum absolute atomic E-state index is 5.81. The summed E-state index contributed by atoms with van der Waals surface area (Å²) in [6.45, 7) is 18.8. The fourth-order valence-electron chi connectivity index (χ4n) is 2.85. The van der Waals surface area contributed by atoms with E-state index < -0.39 is 0 Å². The van der Waals surface area contributed by atoms with Crippen LogP contribution in [0.1, 0.15) is 60.8 Å². The standard InChI is InChI=1S/C17H36N2O/c1-7-17(8-2)14-19(16(5,6)13-18-17)10-12-20-11-9-15(3)4/h15,18H,7-14H2,1-6H3. The van der Waals surface area contributed by atoms with Crippen LogP contribution in [-0.4, -0.2) is 48.8 Å². The normalized spacial score (nSPS) is 22.4. The number of piperazine rings is 1. The van der Waals surface area contributed by atoms with Gasteiger partial charge in [0.2, 0.25) is 0 Å². The van der Waals surface area contributed by atoms with Gasteiger partial charge in [-0.3, -0.25) is 4.90 Å². The van der Waals surface area contributed by atoms with Crippen LogP contribution in [0.15, 0.2) is 0 Å². The molecule has 0 spiro atoms. The summed E-state index contributed by atoms with van der Waals surface area (Å²) >= 11 is 0. The lowest BCUT2D eigenvalue weighted by Gasteiger charge is -2.52.